The number of ether oxygens (including phenoxy) is 1. The van der Waals surface area contributed by atoms with Crippen molar-refractivity contribution in [2.75, 3.05) is 11.6 Å². The Morgan fingerprint density at radius 2 is 2.05 bits per heavy atom. The van der Waals surface area contributed by atoms with Gasteiger partial charge in [0.2, 0.25) is 0 Å². The molecule has 0 aliphatic carbocycles. The summed E-state index contributed by atoms with van der Waals surface area (Å²) in [4.78, 5) is 12.5. The van der Waals surface area contributed by atoms with Gasteiger partial charge >= 0.3 is 6.01 Å². The number of nitrogens with two attached hydrogens (primary N) is 2. The van der Waals surface area contributed by atoms with E-state index in [0.717, 1.165) is 17.7 Å². The lowest BCUT2D eigenvalue weighted by Gasteiger charge is -2.14. The number of rotatable bonds is 6. The zero-order chi connectivity index (χ0) is 15.9. The van der Waals surface area contributed by atoms with Crippen LogP contribution in [0.2, 0.25) is 0 Å². The van der Waals surface area contributed by atoms with E-state index in [4.69, 9.17) is 16.3 Å². The first-order valence-electron chi connectivity index (χ1n) is 6.96. The van der Waals surface area contributed by atoms with Crippen LogP contribution < -0.4 is 21.3 Å². The third kappa shape index (κ3) is 4.42. The van der Waals surface area contributed by atoms with E-state index >= 15 is 0 Å². The molecule has 0 radical (unpaired) electrons. The number of hydrogen-bond acceptors (Lipinski definition) is 7. The summed E-state index contributed by atoms with van der Waals surface area (Å²) in [6.45, 7) is 4.07. The average Bonchev–Trinajstić information content (AvgIpc) is 2.53. The SMILES string of the molecule is CCc1cnc(OC/C(N)=C/N(N)c2cccc(C)n2)nc1. The summed E-state index contributed by atoms with van der Waals surface area (Å²) >= 11 is 0. The highest BCUT2D eigenvalue weighted by atomic mass is 16.5. The van der Waals surface area contributed by atoms with Gasteiger partial charge in [0.25, 0.3) is 0 Å². The summed E-state index contributed by atoms with van der Waals surface area (Å²) in [6.07, 6.45) is 5.90. The first-order valence-corrected chi connectivity index (χ1v) is 6.96. The van der Waals surface area contributed by atoms with Crippen molar-refractivity contribution in [2.24, 2.45) is 11.6 Å². The van der Waals surface area contributed by atoms with Crippen molar-refractivity contribution in [3.05, 3.63) is 53.7 Å². The van der Waals surface area contributed by atoms with E-state index in [-0.39, 0.29) is 12.6 Å². The molecule has 0 saturated heterocycles. The molecule has 2 aromatic rings. The highest BCUT2D eigenvalue weighted by Crippen LogP contribution is 2.09. The monoisotopic (exact) mass is 300 g/mol. The summed E-state index contributed by atoms with van der Waals surface area (Å²) in [5.41, 5.74) is 8.25. The maximum absolute atomic E-state index is 5.90. The first kappa shape index (κ1) is 15.7. The van der Waals surface area contributed by atoms with Gasteiger partial charge in [-0.1, -0.05) is 13.0 Å². The topological polar surface area (TPSA) is 103 Å². The molecule has 0 aliphatic heterocycles. The van der Waals surface area contributed by atoms with E-state index in [0.29, 0.717) is 11.5 Å². The zero-order valence-electron chi connectivity index (χ0n) is 12.7. The quantitative estimate of drug-likeness (QED) is 0.612. The molecular formula is C15H20N6O. The molecule has 4 N–H and O–H groups in total. The third-order valence-corrected chi connectivity index (χ3v) is 2.90. The minimum absolute atomic E-state index is 0.144. The van der Waals surface area contributed by atoms with Crippen LogP contribution in [-0.2, 0) is 6.42 Å². The molecule has 0 fully saturated rings. The number of pyridine rings is 1. The minimum Gasteiger partial charge on any atom is -0.457 e. The molecule has 0 spiro atoms. The van der Waals surface area contributed by atoms with Gasteiger partial charge in [0.05, 0.1) is 5.70 Å². The van der Waals surface area contributed by atoms with E-state index in [1.807, 2.05) is 26.0 Å². The van der Waals surface area contributed by atoms with Crippen LogP contribution in [0.3, 0.4) is 0 Å². The number of hydrazine groups is 1. The molecule has 2 aromatic heterocycles. The molecule has 22 heavy (non-hydrogen) atoms. The number of nitrogens with zero attached hydrogens (tertiary/aromatic N) is 4. The molecule has 116 valence electrons. The first-order chi connectivity index (χ1) is 10.6. The van der Waals surface area contributed by atoms with Crippen molar-refractivity contribution in [1.82, 2.24) is 15.0 Å². The molecule has 2 rings (SSSR count). The largest absolute Gasteiger partial charge is 0.457 e. The fourth-order valence-electron chi connectivity index (χ4n) is 1.70. The van der Waals surface area contributed by atoms with Crippen LogP contribution in [-0.4, -0.2) is 21.6 Å². The Balaban J connectivity index is 1.94. The van der Waals surface area contributed by atoms with E-state index in [1.165, 1.54) is 5.01 Å². The minimum atomic E-state index is 0.144. The average molecular weight is 300 g/mol. The van der Waals surface area contributed by atoms with Crippen LogP contribution in [0.15, 0.2) is 42.5 Å². The van der Waals surface area contributed by atoms with Crippen molar-refractivity contribution in [2.45, 2.75) is 20.3 Å². The molecule has 0 unspecified atom stereocenters. The van der Waals surface area contributed by atoms with Gasteiger partial charge in [-0.25, -0.2) is 20.8 Å². The predicted octanol–water partition coefficient (Wildman–Crippen LogP) is 1.30. The second kappa shape index (κ2) is 7.37. The van der Waals surface area contributed by atoms with E-state index in [1.54, 1.807) is 24.7 Å². The van der Waals surface area contributed by atoms with Crippen LogP contribution in [0.1, 0.15) is 18.2 Å². The van der Waals surface area contributed by atoms with Gasteiger partial charge in [-0.2, -0.15) is 0 Å². The van der Waals surface area contributed by atoms with Gasteiger partial charge in [0.1, 0.15) is 12.4 Å². The van der Waals surface area contributed by atoms with Crippen molar-refractivity contribution >= 4 is 5.82 Å². The van der Waals surface area contributed by atoms with Crippen LogP contribution in [0.4, 0.5) is 5.82 Å². The van der Waals surface area contributed by atoms with Crippen LogP contribution in [0, 0.1) is 6.92 Å². The molecular weight excluding hydrogens is 280 g/mol. The van der Waals surface area contributed by atoms with E-state index in [2.05, 4.69) is 15.0 Å². The molecule has 0 bridgehead atoms. The summed E-state index contributed by atoms with van der Waals surface area (Å²) in [5, 5.41) is 1.35. The fraction of sp³-hybridized carbons (Fsp3) is 0.267. The zero-order valence-corrected chi connectivity index (χ0v) is 12.7. The molecule has 7 heteroatoms. The van der Waals surface area contributed by atoms with Gasteiger partial charge in [-0.15, -0.1) is 0 Å². The highest BCUT2D eigenvalue weighted by Gasteiger charge is 2.03. The molecule has 0 amide bonds. The Hall–Kier alpha value is -2.67. The molecule has 7 nitrogen and oxygen atoms in total. The van der Waals surface area contributed by atoms with Crippen molar-refractivity contribution in [3.8, 4) is 6.01 Å². The van der Waals surface area contributed by atoms with Crippen molar-refractivity contribution in [3.63, 3.8) is 0 Å². The fourth-order valence-corrected chi connectivity index (χ4v) is 1.70. The number of aromatic nitrogens is 3. The van der Waals surface area contributed by atoms with Gasteiger partial charge < -0.3 is 10.5 Å². The van der Waals surface area contributed by atoms with Crippen molar-refractivity contribution in [1.29, 1.82) is 0 Å². The van der Waals surface area contributed by atoms with E-state index in [9.17, 15) is 0 Å². The number of hydrogen-bond donors (Lipinski definition) is 2. The maximum Gasteiger partial charge on any atom is 0.316 e. The van der Waals surface area contributed by atoms with Crippen LogP contribution >= 0.6 is 0 Å². The second-order valence-electron chi connectivity index (χ2n) is 4.76. The molecule has 0 aromatic carbocycles. The second-order valence-corrected chi connectivity index (χ2v) is 4.76. The van der Waals surface area contributed by atoms with Crippen molar-refractivity contribution < 1.29 is 4.74 Å². The smallest absolute Gasteiger partial charge is 0.316 e. The summed E-state index contributed by atoms with van der Waals surface area (Å²) in [6, 6.07) is 5.85. The molecule has 0 saturated carbocycles. The van der Waals surface area contributed by atoms with Gasteiger partial charge in [0, 0.05) is 24.3 Å². The normalized spacial score (nSPS) is 11.3. The number of aryl methyl sites for hydroxylation is 2. The summed E-state index contributed by atoms with van der Waals surface area (Å²) in [5.74, 6) is 6.50. The number of anilines is 1. The molecule has 0 atom stereocenters. The van der Waals surface area contributed by atoms with Gasteiger partial charge in [-0.05, 0) is 31.0 Å². The Labute approximate surface area is 129 Å². The molecule has 0 aliphatic rings. The third-order valence-electron chi connectivity index (χ3n) is 2.90. The van der Waals surface area contributed by atoms with Crippen LogP contribution in [0.25, 0.3) is 0 Å². The Morgan fingerprint density at radius 1 is 1.32 bits per heavy atom. The summed E-state index contributed by atoms with van der Waals surface area (Å²) < 4.78 is 5.41. The summed E-state index contributed by atoms with van der Waals surface area (Å²) in [7, 11) is 0. The van der Waals surface area contributed by atoms with E-state index < -0.39 is 0 Å². The molecule has 2 heterocycles. The Morgan fingerprint density at radius 3 is 2.68 bits per heavy atom. The Bertz CT molecular complexity index is 641. The lowest BCUT2D eigenvalue weighted by atomic mass is 10.3. The highest BCUT2D eigenvalue weighted by molar-refractivity contribution is 5.41. The predicted molar refractivity (Wildman–Crippen MR) is 84.8 cm³/mol. The standard InChI is InChI=1S/C15H20N6O/c1-3-12-7-18-15(19-8-12)22-10-13(16)9-21(17)14-6-4-5-11(2)20-14/h4-9H,3,10,16-17H2,1-2H3/b13-9-. The maximum atomic E-state index is 5.90. The van der Waals surface area contributed by atoms with Gasteiger partial charge in [0.15, 0.2) is 0 Å². The Kier molecular flexibility index (Phi) is 5.26. The van der Waals surface area contributed by atoms with Gasteiger partial charge in [-0.3, -0.25) is 5.01 Å². The lowest BCUT2D eigenvalue weighted by Crippen LogP contribution is -2.28. The van der Waals surface area contributed by atoms with Crippen LogP contribution in [0.5, 0.6) is 6.01 Å². The lowest BCUT2D eigenvalue weighted by molar-refractivity contribution is 0.321.